The molecule has 9 atom stereocenters. The summed E-state index contributed by atoms with van der Waals surface area (Å²) in [7, 11) is 10.3. The van der Waals surface area contributed by atoms with Crippen LogP contribution in [0.5, 0.6) is 0 Å². The van der Waals surface area contributed by atoms with E-state index in [9.17, 15) is 25.3 Å². The van der Waals surface area contributed by atoms with Gasteiger partial charge in [-0.3, -0.25) is 8.37 Å². The third kappa shape index (κ3) is 30.4. The van der Waals surface area contributed by atoms with Gasteiger partial charge in [-0.1, -0.05) is 160 Å². The molecule has 0 spiro atoms. The zero-order chi connectivity index (χ0) is 60.1. The summed E-state index contributed by atoms with van der Waals surface area (Å²) in [6, 6.07) is 51.3. The van der Waals surface area contributed by atoms with Crippen molar-refractivity contribution in [2.24, 2.45) is 0 Å². The fourth-order valence-electron chi connectivity index (χ4n) is 10.6. The average Bonchev–Trinajstić information content (AvgIpc) is 4.24. The Morgan fingerprint density at radius 3 is 1.21 bits per heavy atom. The van der Waals surface area contributed by atoms with Crippen LogP contribution >= 0.6 is 29.9 Å². The maximum Gasteiger partial charge on any atom is 0.400 e. The van der Waals surface area contributed by atoms with E-state index in [1.54, 1.807) is 0 Å². The van der Waals surface area contributed by atoms with Gasteiger partial charge in [-0.05, 0) is 113 Å². The fraction of sp³-hybridized carbons (Fsp3) is 0.508. The molecule has 4 saturated heterocycles. The van der Waals surface area contributed by atoms with Crippen LogP contribution in [0.25, 0.3) is 0 Å². The van der Waals surface area contributed by atoms with E-state index in [1.165, 1.54) is 93.0 Å². The highest BCUT2D eigenvalue weighted by Gasteiger charge is 2.42. The topological polar surface area (TPSA) is 139 Å². The molecule has 5 aromatic rings. The van der Waals surface area contributed by atoms with Gasteiger partial charge < -0.3 is 0 Å². The Bertz CT molecular complexity index is 2720. The third-order valence-electron chi connectivity index (χ3n) is 15.0. The first-order valence-corrected chi connectivity index (χ1v) is 43.2. The smallest absolute Gasteiger partial charge is 0.270 e. The van der Waals surface area contributed by atoms with Gasteiger partial charge in [0.2, 0.25) is 0 Å². The van der Waals surface area contributed by atoms with E-state index in [4.69, 9.17) is 38.6 Å². The maximum absolute atomic E-state index is 11.3. The summed E-state index contributed by atoms with van der Waals surface area (Å²) in [4.78, 5) is 0. The molecule has 440 valence electrons. The first-order valence-electron chi connectivity index (χ1n) is 28.7. The lowest BCUT2D eigenvalue weighted by Crippen LogP contribution is -2.21. The van der Waals surface area contributed by atoms with Crippen LogP contribution in [0, 0.1) is 0 Å². The molecule has 0 bridgehead atoms. The van der Waals surface area contributed by atoms with Gasteiger partial charge in [-0.2, -0.15) is 25.3 Å². The minimum atomic E-state index is -3.79. The van der Waals surface area contributed by atoms with Crippen molar-refractivity contribution in [3.8, 4) is 0 Å². The van der Waals surface area contributed by atoms with E-state index in [0.717, 1.165) is 40.6 Å². The van der Waals surface area contributed by atoms with Crippen molar-refractivity contribution < 1.29 is 42.0 Å². The zero-order valence-electron chi connectivity index (χ0n) is 49.5. The molecule has 0 N–H and O–H groups in total. The number of hydrogen-bond acceptors (Lipinski definition) is 10. The summed E-state index contributed by atoms with van der Waals surface area (Å²) < 4.78 is 85.9. The van der Waals surface area contributed by atoms with Crippen molar-refractivity contribution >= 4 is 90.8 Å². The lowest BCUT2D eigenvalue weighted by Gasteiger charge is -2.20. The molecule has 5 aromatic carbocycles. The first kappa shape index (κ1) is 72.2. The van der Waals surface area contributed by atoms with Gasteiger partial charge in [0.25, 0.3) is 20.2 Å². The Balaban J connectivity index is 0.000000219. The Kier molecular flexibility index (Phi) is 32.4. The summed E-state index contributed by atoms with van der Waals surface area (Å²) in [6.45, 7) is 9.15. The van der Waals surface area contributed by atoms with E-state index in [0.29, 0.717) is 38.5 Å². The molecular weight excluding hydrogens is 1160 g/mol. The predicted octanol–water partition coefficient (Wildman–Crippen LogP) is 12.5. The second kappa shape index (κ2) is 36.8. The SMILES string of the molecule is CS(=O)(=O)OCCC[C@H](Cc1ccccc1)OS(C)(=O)=O.O=S1(=O)OCCC[C@H](Cc2ccccc2)O1.[B][P+]1(C)CCC[C@H]1Cc1ccccc1.[B][P+]1(C)CCC[C@H]1Cc1ccccc1.[B][P+]1(C)CCC[C@H]1Cc1ccccc1.[B][PH2+]C. The van der Waals surface area contributed by atoms with Gasteiger partial charge >= 0.3 is 40.7 Å². The lowest BCUT2D eigenvalue weighted by atomic mass is 10.0. The molecule has 82 heavy (non-hydrogen) atoms. The van der Waals surface area contributed by atoms with Crippen LogP contribution in [0.4, 0.5) is 0 Å². The van der Waals surface area contributed by atoms with Crippen molar-refractivity contribution in [1.82, 2.24) is 0 Å². The van der Waals surface area contributed by atoms with Crippen LogP contribution in [-0.4, -0.2) is 156 Å². The van der Waals surface area contributed by atoms with Gasteiger partial charge in [0.05, 0.1) is 54.9 Å². The number of hydrogen-bond donors (Lipinski definition) is 0. The van der Waals surface area contributed by atoms with Crippen molar-refractivity contribution in [3.05, 3.63) is 179 Å². The maximum atomic E-state index is 11.3. The highest BCUT2D eigenvalue weighted by Crippen LogP contribution is 2.64. The normalized spacial score (nSPS) is 25.1. The zero-order valence-corrected chi connectivity index (χ0v) is 55.8. The molecule has 0 amide bonds. The Hall–Kier alpha value is -2.23. The van der Waals surface area contributed by atoms with Gasteiger partial charge in [0.1, 0.15) is 0 Å². The molecule has 21 heteroatoms. The van der Waals surface area contributed by atoms with Crippen LogP contribution in [0.15, 0.2) is 152 Å². The fourth-order valence-corrected chi connectivity index (χ4v) is 20.4. The average molecular weight is 1250 g/mol. The Labute approximate surface area is 505 Å². The van der Waals surface area contributed by atoms with E-state index >= 15 is 0 Å². The summed E-state index contributed by atoms with van der Waals surface area (Å²) >= 11 is 0. The van der Waals surface area contributed by atoms with Gasteiger partial charge in [-0.15, -0.1) is 0 Å². The van der Waals surface area contributed by atoms with Crippen LogP contribution in [0.2, 0.25) is 0 Å². The highest BCUT2D eigenvalue weighted by atomic mass is 32.3. The van der Waals surface area contributed by atoms with Crippen molar-refractivity contribution in [1.29, 1.82) is 0 Å². The number of rotatable bonds is 17. The quantitative estimate of drug-likeness (QED) is 0.0383. The van der Waals surface area contributed by atoms with Crippen molar-refractivity contribution in [3.63, 3.8) is 0 Å². The monoisotopic (exact) mass is 1250 g/mol. The molecule has 9 rings (SSSR count). The minimum Gasteiger partial charge on any atom is -0.270 e. The molecule has 4 heterocycles. The van der Waals surface area contributed by atoms with E-state index in [1.807, 2.05) is 67.3 Å². The van der Waals surface area contributed by atoms with Gasteiger partial charge in [0, 0.05) is 77.2 Å². The Morgan fingerprint density at radius 1 is 0.549 bits per heavy atom. The van der Waals surface area contributed by atoms with E-state index in [-0.39, 0.29) is 27.8 Å². The molecule has 4 aliphatic heterocycles. The summed E-state index contributed by atoms with van der Waals surface area (Å²) in [5.74, 6) is 0. The van der Waals surface area contributed by atoms with E-state index in [2.05, 4.69) is 119 Å². The molecular formula is C61H90B4O10P4S3+4. The molecule has 0 aromatic heterocycles. The summed E-state index contributed by atoms with van der Waals surface area (Å²) in [5.41, 5.74) is 8.74. The second-order valence-corrected chi connectivity index (χ2v) is 39.3. The highest BCUT2D eigenvalue weighted by molar-refractivity contribution is 7.98. The predicted molar refractivity (Wildman–Crippen MR) is 360 cm³/mol. The summed E-state index contributed by atoms with van der Waals surface area (Å²) in [5, 5.41) is 0. The minimum absolute atomic E-state index is 0.0112. The first-order chi connectivity index (χ1) is 38.8. The van der Waals surface area contributed by atoms with Crippen LogP contribution in [0.3, 0.4) is 0 Å². The van der Waals surface area contributed by atoms with Gasteiger partial charge in [-0.25, -0.2) is 8.37 Å². The van der Waals surface area contributed by atoms with Crippen LogP contribution < -0.4 is 0 Å². The number of benzene rings is 5. The standard InChI is InChI=1S/C13H20O6S2.3C12H17BP.C11H14O4S.CH5BP/c1-20(14,15)18-10-6-9-13(19-21(2,16)17)11-12-7-4-3-5-8-12;3*1-14(13)9-5-8-12(14)10-11-6-3-2-4-7-11;12-16(13)14-8-4-7-11(15-16)9-10-5-2-1-3-6-10;1-3-2/h3-5,7-8,13H,6,9-11H2,1-2H3;3*2-4,6-7,12H,5,8-10H2,1H3;1-3,5-6,11H,4,7-9H2;3H2,1H3/q;3*+1;;+1/t13-;3*12-,14?;11-;/m10001./s1. The Morgan fingerprint density at radius 2 is 0.890 bits per heavy atom. The molecule has 10 nitrogen and oxygen atoms in total. The molecule has 4 unspecified atom stereocenters. The second-order valence-electron chi connectivity index (χ2n) is 22.6. The molecule has 4 fully saturated rings. The third-order valence-corrected chi connectivity index (χ3v) is 27.4. The van der Waals surface area contributed by atoms with Crippen LogP contribution in [0.1, 0.15) is 92.0 Å². The molecule has 8 radical (unpaired) electrons. The van der Waals surface area contributed by atoms with E-state index < -0.39 is 58.2 Å². The van der Waals surface area contributed by atoms with Crippen molar-refractivity contribution in [2.75, 3.05) is 70.9 Å². The largest absolute Gasteiger partial charge is 0.400 e. The van der Waals surface area contributed by atoms with Crippen molar-refractivity contribution in [2.45, 2.75) is 125 Å². The van der Waals surface area contributed by atoms with Gasteiger partial charge in [0.15, 0.2) is 0 Å². The molecule has 0 aliphatic carbocycles. The van der Waals surface area contributed by atoms with Crippen LogP contribution in [-0.2, 0) is 79.5 Å². The molecule has 0 saturated carbocycles. The summed E-state index contributed by atoms with van der Waals surface area (Å²) in [6.07, 6.45) is 19.9. The lowest BCUT2D eigenvalue weighted by molar-refractivity contribution is 0.182. The molecule has 4 aliphatic rings.